The lowest BCUT2D eigenvalue weighted by atomic mass is 10.1. The fraction of sp³-hybridized carbons (Fsp3) is 0.316. The molecule has 3 heterocycles. The zero-order valence-electron chi connectivity index (χ0n) is 14.9. The molecule has 6 nitrogen and oxygen atoms in total. The van der Waals surface area contributed by atoms with Crippen molar-refractivity contribution < 1.29 is 0 Å². The van der Waals surface area contributed by atoms with Crippen LogP contribution >= 0.6 is 11.9 Å². The molecule has 0 N–H and O–H groups in total. The summed E-state index contributed by atoms with van der Waals surface area (Å²) >= 11 is 1.80. The van der Waals surface area contributed by atoms with Gasteiger partial charge in [-0.05, 0) is 43.0 Å². The third-order valence-electron chi connectivity index (χ3n) is 4.70. The van der Waals surface area contributed by atoms with Gasteiger partial charge in [-0.15, -0.1) is 0 Å². The molecule has 132 valence electrons. The van der Waals surface area contributed by atoms with Gasteiger partial charge >= 0.3 is 0 Å². The normalized spacial score (nSPS) is 15.3. The van der Waals surface area contributed by atoms with E-state index in [1.54, 1.807) is 11.9 Å². The van der Waals surface area contributed by atoms with Crippen LogP contribution in [0.2, 0.25) is 0 Å². The number of anilines is 1. The molecular formula is C19H20N6S. The minimum Gasteiger partial charge on any atom is -0.354 e. The van der Waals surface area contributed by atoms with Crippen molar-refractivity contribution in [1.82, 2.24) is 19.1 Å². The number of aromatic nitrogens is 3. The second kappa shape index (κ2) is 6.98. The van der Waals surface area contributed by atoms with E-state index in [0.29, 0.717) is 5.56 Å². The van der Waals surface area contributed by atoms with Gasteiger partial charge in [-0.2, -0.15) is 10.4 Å². The predicted molar refractivity (Wildman–Crippen MR) is 106 cm³/mol. The largest absolute Gasteiger partial charge is 0.354 e. The molecule has 0 bridgehead atoms. The molecule has 1 aliphatic rings. The highest BCUT2D eigenvalue weighted by Gasteiger charge is 2.18. The van der Waals surface area contributed by atoms with Crippen molar-refractivity contribution >= 4 is 28.7 Å². The third-order valence-corrected chi connectivity index (χ3v) is 5.58. The maximum atomic E-state index is 9.21. The Morgan fingerprint density at radius 2 is 1.88 bits per heavy atom. The highest BCUT2D eigenvalue weighted by Crippen LogP contribution is 2.24. The predicted octanol–water partition coefficient (Wildman–Crippen LogP) is 3.00. The van der Waals surface area contributed by atoms with E-state index < -0.39 is 0 Å². The van der Waals surface area contributed by atoms with E-state index in [-0.39, 0.29) is 0 Å². The van der Waals surface area contributed by atoms with E-state index in [1.165, 1.54) is 0 Å². The number of hydrogen-bond donors (Lipinski definition) is 0. The molecule has 0 saturated carbocycles. The molecule has 3 aromatic rings. The minimum atomic E-state index is 0.639. The third kappa shape index (κ3) is 3.14. The van der Waals surface area contributed by atoms with Gasteiger partial charge < -0.3 is 4.90 Å². The van der Waals surface area contributed by atoms with Gasteiger partial charge in [0.15, 0.2) is 0 Å². The molecule has 0 amide bonds. The van der Waals surface area contributed by atoms with Crippen LogP contribution < -0.4 is 4.90 Å². The highest BCUT2D eigenvalue weighted by atomic mass is 32.2. The summed E-state index contributed by atoms with van der Waals surface area (Å²) < 4.78 is 4.23. The Balaban J connectivity index is 1.66. The molecule has 7 heteroatoms. The average Bonchev–Trinajstić information content (AvgIpc) is 3.10. The van der Waals surface area contributed by atoms with Gasteiger partial charge in [-0.3, -0.25) is 0 Å². The summed E-state index contributed by atoms with van der Waals surface area (Å²) in [6.45, 7) is 6.04. The van der Waals surface area contributed by atoms with E-state index in [0.717, 1.165) is 54.2 Å². The summed E-state index contributed by atoms with van der Waals surface area (Å²) in [5, 5.41) is 14.8. The Morgan fingerprint density at radius 3 is 2.62 bits per heavy atom. The lowest BCUT2D eigenvalue weighted by molar-refractivity contribution is 0.429. The van der Waals surface area contributed by atoms with E-state index in [1.807, 2.05) is 42.2 Å². The number of benzene rings is 1. The van der Waals surface area contributed by atoms with Crippen molar-refractivity contribution in [2.75, 3.05) is 37.3 Å². The summed E-state index contributed by atoms with van der Waals surface area (Å²) in [6.07, 6.45) is 5.87. The first-order valence-corrected chi connectivity index (χ1v) is 9.76. The van der Waals surface area contributed by atoms with Crippen LogP contribution in [0.15, 0.2) is 36.7 Å². The lowest BCUT2D eigenvalue weighted by Crippen LogP contribution is -2.43. The van der Waals surface area contributed by atoms with E-state index in [2.05, 4.69) is 37.7 Å². The second-order valence-corrected chi connectivity index (χ2v) is 7.31. The molecule has 1 saturated heterocycles. The number of aryl methyl sites for hydroxylation is 1. The molecular weight excluding hydrogens is 344 g/mol. The van der Waals surface area contributed by atoms with E-state index >= 15 is 0 Å². The lowest BCUT2D eigenvalue weighted by Gasteiger charge is -2.33. The standard InChI is InChI=1S/C19H20N6S/c1-14-7-15(11-20)9-17(8-14)25-18-13-21-19(10-16(18)12-22-25)23-3-5-24(26-2)6-4-23/h7-10,12-13H,3-6H2,1-2H3. The molecule has 1 fully saturated rings. The molecule has 2 aromatic heterocycles. The Labute approximate surface area is 157 Å². The number of nitriles is 1. The number of hydrogen-bond acceptors (Lipinski definition) is 6. The first-order valence-electron chi connectivity index (χ1n) is 8.58. The fourth-order valence-corrected chi connectivity index (χ4v) is 3.87. The van der Waals surface area contributed by atoms with Crippen LogP contribution in [0, 0.1) is 18.3 Å². The van der Waals surface area contributed by atoms with Gasteiger partial charge in [0.2, 0.25) is 0 Å². The topological polar surface area (TPSA) is 61.0 Å². The van der Waals surface area contributed by atoms with Crippen molar-refractivity contribution in [2.24, 2.45) is 0 Å². The number of nitrogens with zero attached hydrogens (tertiary/aromatic N) is 6. The zero-order valence-corrected chi connectivity index (χ0v) is 15.7. The summed E-state index contributed by atoms with van der Waals surface area (Å²) in [4.78, 5) is 7.00. The van der Waals surface area contributed by atoms with Crippen LogP contribution in [0.25, 0.3) is 16.6 Å². The Morgan fingerprint density at radius 1 is 1.08 bits per heavy atom. The molecule has 0 radical (unpaired) electrons. The molecule has 1 aromatic carbocycles. The molecule has 0 atom stereocenters. The zero-order chi connectivity index (χ0) is 18.1. The van der Waals surface area contributed by atoms with E-state index in [4.69, 9.17) is 0 Å². The fourth-order valence-electron chi connectivity index (χ4n) is 3.34. The molecule has 1 aliphatic heterocycles. The first-order chi connectivity index (χ1) is 12.7. The summed E-state index contributed by atoms with van der Waals surface area (Å²) in [7, 11) is 0. The van der Waals surface area contributed by atoms with Gasteiger partial charge in [0.05, 0.1) is 35.2 Å². The number of piperazine rings is 1. The molecule has 0 aliphatic carbocycles. The molecule has 4 rings (SSSR count). The van der Waals surface area contributed by atoms with Gasteiger partial charge in [0, 0.05) is 31.6 Å². The quantitative estimate of drug-likeness (QED) is 0.666. The first kappa shape index (κ1) is 16.9. The van der Waals surface area contributed by atoms with Crippen LogP contribution in [-0.4, -0.2) is 51.5 Å². The van der Waals surface area contributed by atoms with Crippen molar-refractivity contribution in [3.05, 3.63) is 47.8 Å². The Hall–Kier alpha value is -2.56. The van der Waals surface area contributed by atoms with E-state index in [9.17, 15) is 5.26 Å². The maximum absolute atomic E-state index is 9.21. The van der Waals surface area contributed by atoms with Crippen LogP contribution in [0.4, 0.5) is 5.82 Å². The summed E-state index contributed by atoms with van der Waals surface area (Å²) in [5.74, 6) is 1.000. The number of fused-ring (bicyclic) bond motifs is 1. The van der Waals surface area contributed by atoms with Crippen LogP contribution in [0.5, 0.6) is 0 Å². The Bertz CT molecular complexity index is 981. The van der Waals surface area contributed by atoms with Gasteiger partial charge in [-0.1, -0.05) is 11.9 Å². The monoisotopic (exact) mass is 364 g/mol. The van der Waals surface area contributed by atoms with Crippen LogP contribution in [0.3, 0.4) is 0 Å². The van der Waals surface area contributed by atoms with Gasteiger partial charge in [0.1, 0.15) is 5.82 Å². The van der Waals surface area contributed by atoms with Crippen LogP contribution in [0.1, 0.15) is 11.1 Å². The van der Waals surface area contributed by atoms with Crippen molar-refractivity contribution in [3.8, 4) is 11.8 Å². The minimum absolute atomic E-state index is 0.639. The maximum Gasteiger partial charge on any atom is 0.129 e. The molecule has 0 unspecified atom stereocenters. The SMILES string of the molecule is CSN1CCN(c2cc3cnn(-c4cc(C)cc(C#N)c4)c3cn2)CC1. The smallest absolute Gasteiger partial charge is 0.129 e. The highest BCUT2D eigenvalue weighted by molar-refractivity contribution is 7.96. The molecule has 0 spiro atoms. The van der Waals surface area contributed by atoms with Crippen molar-refractivity contribution in [2.45, 2.75) is 6.92 Å². The van der Waals surface area contributed by atoms with Crippen LogP contribution in [-0.2, 0) is 0 Å². The second-order valence-electron chi connectivity index (χ2n) is 6.43. The van der Waals surface area contributed by atoms with Gasteiger partial charge in [0.25, 0.3) is 0 Å². The number of pyridine rings is 1. The molecule has 26 heavy (non-hydrogen) atoms. The Kier molecular flexibility index (Phi) is 4.53. The van der Waals surface area contributed by atoms with Crippen molar-refractivity contribution in [3.63, 3.8) is 0 Å². The number of rotatable bonds is 3. The summed E-state index contributed by atoms with van der Waals surface area (Å²) in [6, 6.07) is 10.1. The summed E-state index contributed by atoms with van der Waals surface area (Å²) in [5.41, 5.74) is 3.52. The van der Waals surface area contributed by atoms with Gasteiger partial charge in [-0.25, -0.2) is 14.0 Å². The van der Waals surface area contributed by atoms with Crippen molar-refractivity contribution in [1.29, 1.82) is 5.26 Å². The average molecular weight is 364 g/mol.